The maximum atomic E-state index is 12.1. The molecule has 0 aromatic heterocycles. The number of amides is 1. The summed E-state index contributed by atoms with van der Waals surface area (Å²) in [7, 11) is 0. The van der Waals surface area contributed by atoms with Gasteiger partial charge in [0.15, 0.2) is 6.10 Å². The smallest absolute Gasteiger partial charge is 0.331 e. The zero-order valence-electron chi connectivity index (χ0n) is 14.3. The summed E-state index contributed by atoms with van der Waals surface area (Å²) in [4.78, 5) is 34.0. The van der Waals surface area contributed by atoms with Gasteiger partial charge < -0.3 is 10.1 Å². The standard InChI is InChI=1S/C19H15N3O5/c1-13(19(24)21-17-5-3-2-4-15(17)12-20)27-18(23)11-8-14-6-9-16(10-7-14)22(25)26/h2-11,13H,1H3,(H,21,24)/b11-8+/t13-/m0/s1. The molecule has 0 aliphatic rings. The highest BCUT2D eigenvalue weighted by Crippen LogP contribution is 2.15. The summed E-state index contributed by atoms with van der Waals surface area (Å²) in [5, 5.41) is 22.1. The number of benzene rings is 2. The summed E-state index contributed by atoms with van der Waals surface area (Å²) in [6, 6.07) is 14.0. The van der Waals surface area contributed by atoms with Gasteiger partial charge >= 0.3 is 5.97 Å². The highest BCUT2D eigenvalue weighted by molar-refractivity contribution is 5.97. The number of nitriles is 1. The van der Waals surface area contributed by atoms with E-state index in [-0.39, 0.29) is 5.69 Å². The van der Waals surface area contributed by atoms with Crippen LogP contribution in [0.3, 0.4) is 0 Å². The zero-order chi connectivity index (χ0) is 19.8. The molecule has 2 aromatic carbocycles. The van der Waals surface area contributed by atoms with E-state index in [1.807, 2.05) is 6.07 Å². The normalized spacial score (nSPS) is 11.4. The molecule has 0 aliphatic carbocycles. The van der Waals surface area contributed by atoms with Crippen LogP contribution in [0.1, 0.15) is 18.1 Å². The Morgan fingerprint density at radius 1 is 1.22 bits per heavy atom. The van der Waals surface area contributed by atoms with Crippen molar-refractivity contribution in [2.45, 2.75) is 13.0 Å². The van der Waals surface area contributed by atoms with Crippen LogP contribution in [-0.4, -0.2) is 22.9 Å². The van der Waals surface area contributed by atoms with Gasteiger partial charge in [-0.25, -0.2) is 4.79 Å². The van der Waals surface area contributed by atoms with Crippen LogP contribution in [0.4, 0.5) is 11.4 Å². The molecule has 1 atom stereocenters. The van der Waals surface area contributed by atoms with E-state index < -0.39 is 22.9 Å². The van der Waals surface area contributed by atoms with E-state index in [4.69, 9.17) is 10.00 Å². The van der Waals surface area contributed by atoms with Gasteiger partial charge in [0.1, 0.15) is 6.07 Å². The van der Waals surface area contributed by atoms with Gasteiger partial charge in [0.05, 0.1) is 16.2 Å². The third-order valence-corrected chi connectivity index (χ3v) is 3.48. The van der Waals surface area contributed by atoms with Gasteiger partial charge in [0.2, 0.25) is 0 Å². The third kappa shape index (κ3) is 5.51. The number of ether oxygens (including phenoxy) is 1. The molecule has 0 heterocycles. The topological polar surface area (TPSA) is 122 Å². The van der Waals surface area contributed by atoms with Crippen molar-refractivity contribution < 1.29 is 19.2 Å². The molecule has 0 aliphatic heterocycles. The maximum Gasteiger partial charge on any atom is 0.331 e. The summed E-state index contributed by atoms with van der Waals surface area (Å²) >= 11 is 0. The van der Waals surface area contributed by atoms with Crippen molar-refractivity contribution in [2.75, 3.05) is 5.32 Å². The summed E-state index contributed by atoms with van der Waals surface area (Å²) < 4.78 is 5.01. The number of nitro benzene ring substituents is 1. The molecular formula is C19H15N3O5. The second-order valence-electron chi connectivity index (χ2n) is 5.41. The summed E-state index contributed by atoms with van der Waals surface area (Å²) in [5.74, 6) is -1.32. The van der Waals surface area contributed by atoms with Gasteiger partial charge in [0.25, 0.3) is 11.6 Å². The molecule has 8 nitrogen and oxygen atoms in total. The predicted octanol–water partition coefficient (Wildman–Crippen LogP) is 3.05. The van der Waals surface area contributed by atoms with Crippen molar-refractivity contribution in [3.05, 3.63) is 75.8 Å². The van der Waals surface area contributed by atoms with Crippen molar-refractivity contribution in [3.8, 4) is 6.07 Å². The largest absolute Gasteiger partial charge is 0.449 e. The molecule has 2 rings (SSSR count). The lowest BCUT2D eigenvalue weighted by Gasteiger charge is -2.13. The van der Waals surface area contributed by atoms with Crippen LogP contribution in [0, 0.1) is 21.4 Å². The third-order valence-electron chi connectivity index (χ3n) is 3.48. The van der Waals surface area contributed by atoms with Crippen LogP contribution < -0.4 is 5.32 Å². The van der Waals surface area contributed by atoms with E-state index >= 15 is 0 Å². The first kappa shape index (κ1) is 19.3. The Morgan fingerprint density at radius 3 is 2.52 bits per heavy atom. The summed E-state index contributed by atoms with van der Waals surface area (Å²) in [5.41, 5.74) is 1.13. The second-order valence-corrected chi connectivity index (χ2v) is 5.41. The molecule has 136 valence electrons. The van der Waals surface area contributed by atoms with Crippen LogP contribution in [0.25, 0.3) is 6.08 Å². The Balaban J connectivity index is 1.93. The van der Waals surface area contributed by atoms with Gasteiger partial charge in [0, 0.05) is 18.2 Å². The van der Waals surface area contributed by atoms with E-state index in [9.17, 15) is 19.7 Å². The lowest BCUT2D eigenvalue weighted by molar-refractivity contribution is -0.384. The fourth-order valence-electron chi connectivity index (χ4n) is 2.06. The van der Waals surface area contributed by atoms with Gasteiger partial charge in [-0.05, 0) is 42.8 Å². The molecule has 8 heteroatoms. The highest BCUT2D eigenvalue weighted by Gasteiger charge is 2.17. The van der Waals surface area contributed by atoms with Gasteiger partial charge in [-0.3, -0.25) is 14.9 Å². The number of para-hydroxylation sites is 1. The van der Waals surface area contributed by atoms with E-state index in [1.54, 1.807) is 24.3 Å². The average molecular weight is 365 g/mol. The Hall–Kier alpha value is -3.99. The van der Waals surface area contributed by atoms with Crippen molar-refractivity contribution in [1.82, 2.24) is 0 Å². The number of nitrogens with one attached hydrogen (secondary N) is 1. The number of hydrogen-bond donors (Lipinski definition) is 1. The second kappa shape index (κ2) is 8.92. The lowest BCUT2D eigenvalue weighted by Crippen LogP contribution is -2.29. The number of non-ortho nitro benzene ring substituents is 1. The Bertz CT molecular complexity index is 929. The van der Waals surface area contributed by atoms with Crippen molar-refractivity contribution >= 4 is 29.3 Å². The minimum absolute atomic E-state index is 0.0577. The molecule has 1 N–H and O–H groups in total. The summed E-state index contributed by atoms with van der Waals surface area (Å²) in [6.07, 6.45) is 1.46. The quantitative estimate of drug-likeness (QED) is 0.363. The van der Waals surface area contributed by atoms with Crippen molar-refractivity contribution in [2.24, 2.45) is 0 Å². The molecule has 27 heavy (non-hydrogen) atoms. The molecule has 2 aromatic rings. The number of esters is 1. The highest BCUT2D eigenvalue weighted by atomic mass is 16.6. The number of carbonyl (C=O) groups is 2. The molecule has 1 amide bonds. The first-order valence-electron chi connectivity index (χ1n) is 7.84. The SMILES string of the molecule is C[C@H](OC(=O)/C=C/c1ccc([N+](=O)[O-])cc1)C(=O)Nc1ccccc1C#N. The number of nitro groups is 1. The average Bonchev–Trinajstić information content (AvgIpc) is 2.67. The van der Waals surface area contributed by atoms with Crippen molar-refractivity contribution in [1.29, 1.82) is 5.26 Å². The lowest BCUT2D eigenvalue weighted by atomic mass is 10.2. The molecule has 0 fully saturated rings. The molecule has 0 saturated heterocycles. The fraction of sp³-hybridized carbons (Fsp3) is 0.105. The van der Waals surface area contributed by atoms with E-state index in [2.05, 4.69) is 5.32 Å². The number of nitrogens with zero attached hydrogens (tertiary/aromatic N) is 2. The van der Waals surface area contributed by atoms with E-state index in [1.165, 1.54) is 37.3 Å². The van der Waals surface area contributed by atoms with E-state index in [0.717, 1.165) is 6.08 Å². The molecule has 0 bridgehead atoms. The van der Waals surface area contributed by atoms with Gasteiger partial charge in [-0.15, -0.1) is 0 Å². The molecular weight excluding hydrogens is 350 g/mol. The van der Waals surface area contributed by atoms with E-state index in [0.29, 0.717) is 16.8 Å². The van der Waals surface area contributed by atoms with Crippen LogP contribution in [0.5, 0.6) is 0 Å². The van der Waals surface area contributed by atoms with Crippen molar-refractivity contribution in [3.63, 3.8) is 0 Å². The minimum Gasteiger partial charge on any atom is -0.449 e. The zero-order valence-corrected chi connectivity index (χ0v) is 14.3. The first-order chi connectivity index (χ1) is 12.9. The van der Waals surface area contributed by atoms with Crippen LogP contribution in [0.15, 0.2) is 54.6 Å². The molecule has 0 spiro atoms. The molecule has 0 radical (unpaired) electrons. The number of anilines is 1. The molecule has 0 unspecified atom stereocenters. The molecule has 0 saturated carbocycles. The van der Waals surface area contributed by atoms with Crippen LogP contribution in [-0.2, 0) is 14.3 Å². The predicted molar refractivity (Wildman–Crippen MR) is 97.5 cm³/mol. The monoisotopic (exact) mass is 365 g/mol. The Labute approximate surface area is 154 Å². The number of hydrogen-bond acceptors (Lipinski definition) is 6. The van der Waals surface area contributed by atoms with Gasteiger partial charge in [-0.2, -0.15) is 5.26 Å². The van der Waals surface area contributed by atoms with Gasteiger partial charge in [-0.1, -0.05) is 12.1 Å². The number of carbonyl (C=O) groups excluding carboxylic acids is 2. The van der Waals surface area contributed by atoms with Crippen LogP contribution in [0.2, 0.25) is 0 Å². The fourth-order valence-corrected chi connectivity index (χ4v) is 2.06. The summed E-state index contributed by atoms with van der Waals surface area (Å²) in [6.45, 7) is 1.40. The maximum absolute atomic E-state index is 12.1. The number of rotatable bonds is 6. The Kier molecular flexibility index (Phi) is 6.39. The minimum atomic E-state index is -1.08. The first-order valence-corrected chi connectivity index (χ1v) is 7.84. The van der Waals surface area contributed by atoms with Crippen LogP contribution >= 0.6 is 0 Å². The Morgan fingerprint density at radius 2 is 1.89 bits per heavy atom.